The highest BCUT2D eigenvalue weighted by Crippen LogP contribution is 2.37. The Hall–Kier alpha value is -2.32. The van der Waals surface area contributed by atoms with Gasteiger partial charge in [0.15, 0.2) is 9.84 Å². The van der Waals surface area contributed by atoms with Crippen LogP contribution in [-0.4, -0.2) is 48.8 Å². The minimum atomic E-state index is -3.40. The highest BCUT2D eigenvalue weighted by atomic mass is 35.5. The fourth-order valence-corrected chi connectivity index (χ4v) is 5.78. The third-order valence-electron chi connectivity index (χ3n) is 5.44. The first-order valence-corrected chi connectivity index (χ1v) is 11.6. The SMILES string of the molecule is CCOc1ccc(S(=O)(=O)CC2CC(N(C)c3ncnc4[nH]ccc34)C2)cc1Cl. The van der Waals surface area contributed by atoms with Crippen LogP contribution in [0.1, 0.15) is 19.8 Å². The van der Waals surface area contributed by atoms with E-state index in [4.69, 9.17) is 16.3 Å². The molecule has 0 unspecified atom stereocenters. The van der Waals surface area contributed by atoms with Gasteiger partial charge in [0.25, 0.3) is 0 Å². The molecule has 3 aromatic rings. The summed E-state index contributed by atoms with van der Waals surface area (Å²) in [6.45, 7) is 2.33. The summed E-state index contributed by atoms with van der Waals surface area (Å²) in [7, 11) is -1.41. The summed E-state index contributed by atoms with van der Waals surface area (Å²) in [4.78, 5) is 14.1. The number of benzene rings is 1. The topological polar surface area (TPSA) is 88.2 Å². The molecule has 0 spiro atoms. The maximum absolute atomic E-state index is 12.8. The number of anilines is 1. The van der Waals surface area contributed by atoms with Crippen LogP contribution in [0.4, 0.5) is 5.82 Å². The lowest BCUT2D eigenvalue weighted by Gasteiger charge is -2.41. The first-order chi connectivity index (χ1) is 13.9. The fourth-order valence-electron chi connectivity index (χ4n) is 3.82. The Morgan fingerprint density at radius 3 is 2.79 bits per heavy atom. The standard InChI is InChI=1S/C20H23ClN4O3S/c1-3-28-18-5-4-15(10-17(18)21)29(26,27)11-13-8-14(9-13)25(2)20-16-6-7-22-19(16)23-12-24-20/h4-7,10,12-14H,3,8-9,11H2,1-2H3,(H,22,23,24). The minimum absolute atomic E-state index is 0.112. The van der Waals surface area contributed by atoms with Gasteiger partial charge in [0.05, 0.1) is 27.7 Å². The number of hydrogen-bond donors (Lipinski definition) is 1. The number of aromatic amines is 1. The van der Waals surface area contributed by atoms with Gasteiger partial charge in [-0.2, -0.15) is 0 Å². The molecule has 4 rings (SSSR count). The number of H-pyrrole nitrogens is 1. The number of rotatable bonds is 7. The van der Waals surface area contributed by atoms with Crippen molar-refractivity contribution < 1.29 is 13.2 Å². The molecule has 0 atom stereocenters. The van der Waals surface area contributed by atoms with E-state index >= 15 is 0 Å². The number of nitrogens with zero attached hydrogens (tertiary/aromatic N) is 3. The van der Waals surface area contributed by atoms with Gasteiger partial charge in [-0.3, -0.25) is 0 Å². The van der Waals surface area contributed by atoms with Crippen LogP contribution >= 0.6 is 11.6 Å². The number of nitrogens with one attached hydrogen (secondary N) is 1. The number of fused-ring (bicyclic) bond motifs is 1. The number of halogens is 1. The highest BCUT2D eigenvalue weighted by Gasteiger charge is 2.36. The normalized spacial score (nSPS) is 19.1. The summed E-state index contributed by atoms with van der Waals surface area (Å²) < 4.78 is 31.0. The predicted molar refractivity (Wildman–Crippen MR) is 113 cm³/mol. The maximum atomic E-state index is 12.8. The second-order valence-corrected chi connectivity index (χ2v) is 9.79. The molecule has 1 aliphatic carbocycles. The largest absolute Gasteiger partial charge is 0.492 e. The Morgan fingerprint density at radius 2 is 2.07 bits per heavy atom. The average molecular weight is 435 g/mol. The number of hydrogen-bond acceptors (Lipinski definition) is 6. The van der Waals surface area contributed by atoms with Crippen molar-refractivity contribution in [2.45, 2.75) is 30.7 Å². The van der Waals surface area contributed by atoms with E-state index in [1.807, 2.05) is 26.2 Å². The van der Waals surface area contributed by atoms with Crippen molar-refractivity contribution in [1.82, 2.24) is 15.0 Å². The molecule has 1 fully saturated rings. The zero-order chi connectivity index (χ0) is 20.6. The lowest BCUT2D eigenvalue weighted by Crippen LogP contribution is -2.45. The Bertz CT molecular complexity index is 1130. The molecule has 154 valence electrons. The van der Waals surface area contributed by atoms with Gasteiger partial charge in [-0.25, -0.2) is 18.4 Å². The molecular weight excluding hydrogens is 412 g/mol. The molecule has 9 heteroatoms. The van der Waals surface area contributed by atoms with Crippen LogP contribution < -0.4 is 9.64 Å². The van der Waals surface area contributed by atoms with Crippen LogP contribution in [0.2, 0.25) is 5.02 Å². The first-order valence-electron chi connectivity index (χ1n) is 9.55. The molecule has 2 aromatic heterocycles. The summed E-state index contributed by atoms with van der Waals surface area (Å²) in [5.41, 5.74) is 0.799. The van der Waals surface area contributed by atoms with Crippen molar-refractivity contribution in [3.8, 4) is 5.75 Å². The van der Waals surface area contributed by atoms with E-state index in [1.165, 1.54) is 6.07 Å². The lowest BCUT2D eigenvalue weighted by molar-refractivity contribution is 0.282. The molecule has 0 bridgehead atoms. The minimum Gasteiger partial charge on any atom is -0.492 e. The third-order valence-corrected chi connectivity index (χ3v) is 7.62. The van der Waals surface area contributed by atoms with Crippen LogP contribution in [0.5, 0.6) is 5.75 Å². The molecule has 1 N–H and O–H groups in total. The van der Waals surface area contributed by atoms with E-state index in [0.29, 0.717) is 17.4 Å². The average Bonchev–Trinajstić information content (AvgIpc) is 3.14. The van der Waals surface area contributed by atoms with E-state index in [1.54, 1.807) is 18.5 Å². The second-order valence-electron chi connectivity index (χ2n) is 7.35. The van der Waals surface area contributed by atoms with Crippen molar-refractivity contribution >= 4 is 38.3 Å². The van der Waals surface area contributed by atoms with Gasteiger partial charge in [-0.1, -0.05) is 11.6 Å². The number of aromatic nitrogens is 3. The quantitative estimate of drug-likeness (QED) is 0.610. The maximum Gasteiger partial charge on any atom is 0.178 e. The smallest absolute Gasteiger partial charge is 0.178 e. The van der Waals surface area contributed by atoms with Crippen molar-refractivity contribution in [1.29, 1.82) is 0 Å². The van der Waals surface area contributed by atoms with E-state index < -0.39 is 9.84 Å². The van der Waals surface area contributed by atoms with Gasteiger partial charge in [-0.05, 0) is 49.9 Å². The molecule has 1 aromatic carbocycles. The van der Waals surface area contributed by atoms with Crippen LogP contribution in [-0.2, 0) is 9.84 Å². The summed E-state index contributed by atoms with van der Waals surface area (Å²) in [5, 5.41) is 1.29. The highest BCUT2D eigenvalue weighted by molar-refractivity contribution is 7.91. The third kappa shape index (κ3) is 3.91. The molecule has 0 radical (unpaired) electrons. The van der Waals surface area contributed by atoms with Crippen LogP contribution in [0.25, 0.3) is 11.0 Å². The number of sulfone groups is 1. The van der Waals surface area contributed by atoms with Crippen molar-refractivity contribution in [3.05, 3.63) is 41.8 Å². The molecule has 1 aliphatic rings. The molecule has 0 aliphatic heterocycles. The monoisotopic (exact) mass is 434 g/mol. The molecular formula is C20H23ClN4O3S. The summed E-state index contributed by atoms with van der Waals surface area (Å²) in [6, 6.07) is 6.88. The van der Waals surface area contributed by atoms with E-state index in [2.05, 4.69) is 19.9 Å². The zero-order valence-corrected chi connectivity index (χ0v) is 17.9. The molecule has 29 heavy (non-hydrogen) atoms. The van der Waals surface area contributed by atoms with E-state index in [0.717, 1.165) is 29.7 Å². The van der Waals surface area contributed by atoms with E-state index in [9.17, 15) is 8.42 Å². The van der Waals surface area contributed by atoms with Crippen molar-refractivity contribution in [2.24, 2.45) is 5.92 Å². The Labute approximate surface area is 175 Å². The first kappa shape index (κ1) is 20.0. The Balaban J connectivity index is 1.41. The molecule has 1 saturated carbocycles. The Kier molecular flexibility index (Phi) is 5.40. The van der Waals surface area contributed by atoms with Crippen LogP contribution in [0, 0.1) is 5.92 Å². The Morgan fingerprint density at radius 1 is 1.28 bits per heavy atom. The van der Waals surface area contributed by atoms with E-state index in [-0.39, 0.29) is 22.6 Å². The number of ether oxygens (including phenoxy) is 1. The van der Waals surface area contributed by atoms with Gasteiger partial charge in [0, 0.05) is 19.3 Å². The van der Waals surface area contributed by atoms with Gasteiger partial charge >= 0.3 is 0 Å². The van der Waals surface area contributed by atoms with Gasteiger partial charge in [0.1, 0.15) is 23.5 Å². The molecule has 0 saturated heterocycles. The van der Waals surface area contributed by atoms with Gasteiger partial charge in [0.2, 0.25) is 0 Å². The molecule has 0 amide bonds. The lowest BCUT2D eigenvalue weighted by atomic mass is 9.81. The molecule has 7 nitrogen and oxygen atoms in total. The fraction of sp³-hybridized carbons (Fsp3) is 0.400. The van der Waals surface area contributed by atoms with Crippen molar-refractivity contribution in [3.63, 3.8) is 0 Å². The zero-order valence-electron chi connectivity index (χ0n) is 16.3. The van der Waals surface area contributed by atoms with Crippen LogP contribution in [0.3, 0.4) is 0 Å². The summed E-state index contributed by atoms with van der Waals surface area (Å²) >= 11 is 6.16. The second kappa shape index (κ2) is 7.84. The van der Waals surface area contributed by atoms with Crippen LogP contribution in [0.15, 0.2) is 41.7 Å². The predicted octanol–water partition coefficient (Wildman–Crippen LogP) is 3.70. The summed E-state index contributed by atoms with van der Waals surface area (Å²) in [5.74, 6) is 1.59. The summed E-state index contributed by atoms with van der Waals surface area (Å²) in [6.07, 6.45) is 4.99. The molecule has 2 heterocycles. The van der Waals surface area contributed by atoms with Crippen molar-refractivity contribution in [2.75, 3.05) is 24.3 Å². The van der Waals surface area contributed by atoms with Gasteiger partial charge in [-0.15, -0.1) is 0 Å². The van der Waals surface area contributed by atoms with Gasteiger partial charge < -0.3 is 14.6 Å².